The molecule has 0 radical (unpaired) electrons. The third kappa shape index (κ3) is 2.63. The first-order chi connectivity index (χ1) is 8.87. The number of aliphatic hydroxyl groups is 1. The van der Waals surface area contributed by atoms with Crippen molar-refractivity contribution in [3.05, 3.63) is 29.0 Å². The Bertz CT molecular complexity index is 578. The highest BCUT2D eigenvalue weighted by Gasteiger charge is 2.39. The molecule has 1 aliphatic heterocycles. The van der Waals surface area contributed by atoms with Gasteiger partial charge in [0.25, 0.3) is 0 Å². The minimum absolute atomic E-state index is 0.0824. The maximum absolute atomic E-state index is 13.0. The smallest absolute Gasteiger partial charge is 0.244 e. The third-order valence-corrected chi connectivity index (χ3v) is 5.91. The van der Waals surface area contributed by atoms with Crippen molar-refractivity contribution in [2.45, 2.75) is 24.3 Å². The van der Waals surface area contributed by atoms with Gasteiger partial charge in [0.2, 0.25) is 10.0 Å². The van der Waals surface area contributed by atoms with Crippen LogP contribution in [-0.2, 0) is 10.0 Å². The minimum atomic E-state index is -3.81. The highest BCUT2D eigenvalue weighted by atomic mass is 35.5. The third-order valence-electron chi connectivity index (χ3n) is 3.50. The zero-order valence-electron chi connectivity index (χ0n) is 10.4. The van der Waals surface area contributed by atoms with E-state index < -0.39 is 21.9 Å². The summed E-state index contributed by atoms with van der Waals surface area (Å²) >= 11 is 5.81. The van der Waals surface area contributed by atoms with Gasteiger partial charge in [0.1, 0.15) is 10.7 Å². The van der Waals surface area contributed by atoms with E-state index in [1.165, 1.54) is 4.31 Å². The van der Waals surface area contributed by atoms with Crippen LogP contribution in [0.25, 0.3) is 0 Å². The molecule has 7 heteroatoms. The largest absolute Gasteiger partial charge is 0.395 e. The summed E-state index contributed by atoms with van der Waals surface area (Å²) in [5, 5.41) is 9.19. The average Bonchev–Trinajstić information content (AvgIpc) is 2.70. The summed E-state index contributed by atoms with van der Waals surface area (Å²) in [6, 6.07) is 2.74. The molecular weight excluding hydrogens is 293 g/mol. The predicted octanol–water partition coefficient (Wildman–Crippen LogP) is 1.87. The van der Waals surface area contributed by atoms with E-state index in [9.17, 15) is 17.9 Å². The molecule has 1 aliphatic rings. The van der Waals surface area contributed by atoms with Gasteiger partial charge in [-0.25, -0.2) is 12.8 Å². The Kier molecular flexibility index (Phi) is 4.15. The molecule has 0 aromatic heterocycles. The number of rotatable bonds is 3. The zero-order valence-corrected chi connectivity index (χ0v) is 12.0. The fourth-order valence-electron chi connectivity index (χ4n) is 2.35. The molecule has 106 valence electrons. The van der Waals surface area contributed by atoms with Gasteiger partial charge >= 0.3 is 0 Å². The first-order valence-corrected chi connectivity index (χ1v) is 7.77. The Morgan fingerprint density at radius 3 is 2.79 bits per heavy atom. The molecule has 0 aliphatic carbocycles. The summed E-state index contributed by atoms with van der Waals surface area (Å²) in [5.41, 5.74) is 0. The van der Waals surface area contributed by atoms with Crippen LogP contribution in [0.2, 0.25) is 5.02 Å². The van der Waals surface area contributed by atoms with Crippen LogP contribution in [0.4, 0.5) is 4.39 Å². The fourth-order valence-corrected chi connectivity index (χ4v) is 4.59. The molecule has 2 unspecified atom stereocenters. The second kappa shape index (κ2) is 5.36. The number of sulfonamides is 1. The Balaban J connectivity index is 2.42. The summed E-state index contributed by atoms with van der Waals surface area (Å²) in [7, 11) is -3.81. The molecule has 0 bridgehead atoms. The molecule has 0 amide bonds. The van der Waals surface area contributed by atoms with Crippen molar-refractivity contribution in [2.24, 2.45) is 5.92 Å². The normalized spacial score (nSPS) is 24.8. The molecule has 2 atom stereocenters. The van der Waals surface area contributed by atoms with Gasteiger partial charge in [-0.1, -0.05) is 18.5 Å². The van der Waals surface area contributed by atoms with Crippen molar-refractivity contribution in [3.8, 4) is 0 Å². The zero-order chi connectivity index (χ0) is 14.2. The van der Waals surface area contributed by atoms with E-state index in [0.717, 1.165) is 18.2 Å². The molecule has 1 aromatic carbocycles. The summed E-state index contributed by atoms with van der Waals surface area (Å²) in [6.07, 6.45) is 0.684. The molecule has 4 nitrogen and oxygen atoms in total. The van der Waals surface area contributed by atoms with Crippen LogP contribution in [0, 0.1) is 11.7 Å². The maximum atomic E-state index is 13.0. The summed E-state index contributed by atoms with van der Waals surface area (Å²) in [4.78, 5) is -0.122. The molecule has 0 spiro atoms. The quantitative estimate of drug-likeness (QED) is 0.927. The van der Waals surface area contributed by atoms with Crippen molar-refractivity contribution in [3.63, 3.8) is 0 Å². The highest BCUT2D eigenvalue weighted by Crippen LogP contribution is 2.32. The summed E-state index contributed by atoms with van der Waals surface area (Å²) in [6.45, 7) is 1.99. The van der Waals surface area contributed by atoms with Crippen molar-refractivity contribution in [2.75, 3.05) is 13.2 Å². The summed E-state index contributed by atoms with van der Waals surface area (Å²) < 4.78 is 39.2. The topological polar surface area (TPSA) is 57.6 Å². The number of benzene rings is 1. The van der Waals surface area contributed by atoms with E-state index in [0.29, 0.717) is 13.0 Å². The Morgan fingerprint density at radius 2 is 2.21 bits per heavy atom. The summed E-state index contributed by atoms with van der Waals surface area (Å²) in [5.74, 6) is -0.503. The molecule has 2 rings (SSSR count). The lowest BCUT2D eigenvalue weighted by atomic mass is 10.0. The molecule has 1 saturated heterocycles. The van der Waals surface area contributed by atoms with Gasteiger partial charge in [-0.2, -0.15) is 4.31 Å². The number of hydrogen-bond acceptors (Lipinski definition) is 3. The van der Waals surface area contributed by atoms with E-state index in [-0.39, 0.29) is 22.4 Å². The van der Waals surface area contributed by atoms with Crippen molar-refractivity contribution in [1.82, 2.24) is 4.31 Å². The van der Waals surface area contributed by atoms with Gasteiger partial charge in [-0.05, 0) is 30.5 Å². The molecule has 1 N–H and O–H groups in total. The second-order valence-electron chi connectivity index (χ2n) is 4.71. The standard InChI is InChI=1S/C12H15ClFNO3S/c1-8-4-5-15(11(8)7-16)19(17,18)12-3-2-9(14)6-10(12)13/h2-3,6,8,11,16H,4-5,7H2,1H3. The van der Waals surface area contributed by atoms with Gasteiger partial charge in [-0.15, -0.1) is 0 Å². The van der Waals surface area contributed by atoms with Crippen LogP contribution >= 0.6 is 11.6 Å². The minimum Gasteiger partial charge on any atom is -0.395 e. The van der Waals surface area contributed by atoms with Crippen molar-refractivity contribution >= 4 is 21.6 Å². The number of halogens is 2. The molecule has 0 saturated carbocycles. The van der Waals surface area contributed by atoms with Gasteiger partial charge < -0.3 is 5.11 Å². The molecule has 19 heavy (non-hydrogen) atoms. The predicted molar refractivity (Wildman–Crippen MR) is 70.0 cm³/mol. The van der Waals surface area contributed by atoms with E-state index in [4.69, 9.17) is 11.6 Å². The van der Waals surface area contributed by atoms with E-state index in [2.05, 4.69) is 0 Å². The lowest BCUT2D eigenvalue weighted by Crippen LogP contribution is -2.39. The van der Waals surface area contributed by atoms with Crippen LogP contribution in [0.5, 0.6) is 0 Å². The van der Waals surface area contributed by atoms with Crippen LogP contribution in [0.3, 0.4) is 0 Å². The van der Waals surface area contributed by atoms with Gasteiger partial charge in [-0.3, -0.25) is 0 Å². The highest BCUT2D eigenvalue weighted by molar-refractivity contribution is 7.89. The van der Waals surface area contributed by atoms with Crippen molar-refractivity contribution < 1.29 is 17.9 Å². The Morgan fingerprint density at radius 1 is 1.53 bits per heavy atom. The van der Waals surface area contributed by atoms with E-state index in [1.54, 1.807) is 0 Å². The SMILES string of the molecule is CC1CCN(S(=O)(=O)c2ccc(F)cc2Cl)C1CO. The lowest BCUT2D eigenvalue weighted by Gasteiger charge is -2.24. The Labute approximate surface area is 116 Å². The molecular formula is C12H15ClFNO3S. The van der Waals surface area contributed by atoms with Gasteiger partial charge in [0, 0.05) is 6.54 Å². The first kappa shape index (κ1) is 14.7. The van der Waals surface area contributed by atoms with Crippen molar-refractivity contribution in [1.29, 1.82) is 0 Å². The number of aliphatic hydroxyl groups excluding tert-OH is 1. The van der Waals surface area contributed by atoms with Crippen LogP contribution in [0.1, 0.15) is 13.3 Å². The second-order valence-corrected chi connectivity index (χ2v) is 6.97. The van der Waals surface area contributed by atoms with E-state index in [1.807, 2.05) is 6.92 Å². The lowest BCUT2D eigenvalue weighted by molar-refractivity contribution is 0.191. The van der Waals surface area contributed by atoms with Crippen LogP contribution < -0.4 is 0 Å². The van der Waals surface area contributed by atoms with Gasteiger partial charge in [0.05, 0.1) is 17.7 Å². The average molecular weight is 308 g/mol. The maximum Gasteiger partial charge on any atom is 0.244 e. The molecule has 1 heterocycles. The molecule has 1 aromatic rings. The van der Waals surface area contributed by atoms with E-state index >= 15 is 0 Å². The monoisotopic (exact) mass is 307 g/mol. The molecule has 1 fully saturated rings. The van der Waals surface area contributed by atoms with Crippen LogP contribution in [0.15, 0.2) is 23.1 Å². The van der Waals surface area contributed by atoms with Gasteiger partial charge in [0.15, 0.2) is 0 Å². The number of nitrogens with zero attached hydrogens (tertiary/aromatic N) is 1. The first-order valence-electron chi connectivity index (χ1n) is 5.95. The fraction of sp³-hybridized carbons (Fsp3) is 0.500. The van der Waals surface area contributed by atoms with Crippen LogP contribution in [-0.4, -0.2) is 37.0 Å². The Hall–Kier alpha value is -0.690. The number of hydrogen-bond donors (Lipinski definition) is 1.